The van der Waals surface area contributed by atoms with Crippen LogP contribution in [0.4, 0.5) is 5.82 Å². The first-order valence-corrected chi connectivity index (χ1v) is 9.02. The summed E-state index contributed by atoms with van der Waals surface area (Å²) in [5.74, 6) is 1.51. The number of H-pyrrole nitrogens is 1. The Hall–Kier alpha value is -2.37. The van der Waals surface area contributed by atoms with Crippen LogP contribution in [0.15, 0.2) is 27.6 Å². The fraction of sp³-hybridized carbons (Fsp3) is 0.526. The molecule has 2 fully saturated rings. The van der Waals surface area contributed by atoms with Gasteiger partial charge in [0, 0.05) is 24.8 Å². The number of aromatic nitrogens is 3. The van der Waals surface area contributed by atoms with Crippen molar-refractivity contribution in [2.24, 2.45) is 16.8 Å². The second kappa shape index (κ2) is 5.86. The van der Waals surface area contributed by atoms with Gasteiger partial charge >= 0.3 is 0 Å². The van der Waals surface area contributed by atoms with Gasteiger partial charge in [-0.1, -0.05) is 5.57 Å². The molecule has 0 aliphatic heterocycles. The topological polar surface area (TPSA) is 89.1 Å². The van der Waals surface area contributed by atoms with Crippen molar-refractivity contribution in [3.05, 3.63) is 33.8 Å². The van der Waals surface area contributed by atoms with Gasteiger partial charge in [-0.2, -0.15) is 5.10 Å². The van der Waals surface area contributed by atoms with Gasteiger partial charge in [-0.15, -0.1) is 0 Å². The van der Waals surface area contributed by atoms with E-state index in [0.29, 0.717) is 22.7 Å². The van der Waals surface area contributed by atoms with E-state index in [9.17, 15) is 4.79 Å². The fourth-order valence-corrected chi connectivity index (χ4v) is 3.83. The molecular weight excluding hydrogens is 314 g/mol. The van der Waals surface area contributed by atoms with E-state index in [4.69, 9.17) is 5.73 Å². The van der Waals surface area contributed by atoms with Crippen LogP contribution in [0.1, 0.15) is 51.1 Å². The Kier molecular flexibility index (Phi) is 3.78. The molecular formula is C19H25N5O. The number of aromatic amines is 1. The monoisotopic (exact) mass is 339 g/mol. The minimum atomic E-state index is -0.0264. The Morgan fingerprint density at radius 1 is 1.36 bits per heavy atom. The molecule has 0 radical (unpaired) electrons. The van der Waals surface area contributed by atoms with Crippen molar-refractivity contribution in [3.63, 3.8) is 0 Å². The Bertz CT molecular complexity index is 925. The third kappa shape index (κ3) is 2.79. The molecule has 0 amide bonds. The highest BCUT2D eigenvalue weighted by molar-refractivity contribution is 6.16. The number of nitrogens with one attached hydrogen (secondary N) is 1. The summed E-state index contributed by atoms with van der Waals surface area (Å²) < 4.78 is 1.93. The molecule has 0 saturated heterocycles. The summed E-state index contributed by atoms with van der Waals surface area (Å²) in [4.78, 5) is 17.6. The lowest BCUT2D eigenvalue weighted by molar-refractivity contribution is 0.386. The van der Waals surface area contributed by atoms with Crippen LogP contribution in [0.3, 0.4) is 0 Å². The van der Waals surface area contributed by atoms with Gasteiger partial charge in [0.1, 0.15) is 5.39 Å². The molecule has 2 aliphatic rings. The quantitative estimate of drug-likeness (QED) is 0.821. The maximum atomic E-state index is 13.2. The Morgan fingerprint density at radius 3 is 2.52 bits per heavy atom. The highest BCUT2D eigenvalue weighted by Crippen LogP contribution is 2.51. The smallest absolute Gasteiger partial charge is 0.264 e. The van der Waals surface area contributed by atoms with E-state index >= 15 is 0 Å². The summed E-state index contributed by atoms with van der Waals surface area (Å²) in [5.41, 5.74) is 9.58. The largest absolute Gasteiger partial charge is 0.382 e. The molecule has 2 heterocycles. The predicted molar refractivity (Wildman–Crippen MR) is 101 cm³/mol. The molecule has 25 heavy (non-hydrogen) atoms. The van der Waals surface area contributed by atoms with Crippen molar-refractivity contribution in [2.75, 3.05) is 12.8 Å². The van der Waals surface area contributed by atoms with E-state index in [-0.39, 0.29) is 17.4 Å². The van der Waals surface area contributed by atoms with Crippen molar-refractivity contribution in [2.45, 2.75) is 45.6 Å². The van der Waals surface area contributed by atoms with Crippen LogP contribution < -0.4 is 11.3 Å². The summed E-state index contributed by atoms with van der Waals surface area (Å²) in [6.45, 7) is 4.08. The second-order valence-electron chi connectivity index (χ2n) is 7.61. The summed E-state index contributed by atoms with van der Waals surface area (Å²) in [6.07, 6.45) is 8.86. The van der Waals surface area contributed by atoms with E-state index in [1.54, 1.807) is 7.05 Å². The van der Waals surface area contributed by atoms with Gasteiger partial charge in [0.15, 0.2) is 5.82 Å². The number of nitrogen functional groups attached to an aromatic ring is 1. The zero-order valence-electron chi connectivity index (χ0n) is 15.0. The number of aliphatic imine (C=N–C) groups is 1. The Balaban J connectivity index is 1.98. The van der Waals surface area contributed by atoms with E-state index in [2.05, 4.69) is 15.2 Å². The van der Waals surface area contributed by atoms with Crippen LogP contribution in [0.25, 0.3) is 10.9 Å². The summed E-state index contributed by atoms with van der Waals surface area (Å²) >= 11 is 0. The number of fused-ring (bicyclic) bond motifs is 1. The maximum Gasteiger partial charge on any atom is 0.264 e. The number of anilines is 1. The standard InChI is InChI=1S/C19H25N5O/c1-10(2)8-14(21-3)13-9-24(17(11-4-5-11)12-6-7-12)19(25)15-16(13)22-23-18(15)20/h8-9,11-12,17H,4-7H2,1-3H3,(H3,20,22,23)/b21-14+. The number of allylic oxidation sites excluding steroid dienone is 2. The number of nitrogens with zero attached hydrogens (tertiary/aromatic N) is 3. The second-order valence-corrected chi connectivity index (χ2v) is 7.61. The van der Waals surface area contributed by atoms with Gasteiger partial charge in [-0.3, -0.25) is 14.9 Å². The number of hydrogen-bond donors (Lipinski definition) is 2. The number of hydrogen-bond acceptors (Lipinski definition) is 4. The SMILES string of the molecule is C/N=C(\C=C(C)C)c1cn(C(C2CC2)C2CC2)c(=O)c2c(N)n[nH]c12. The van der Waals surface area contributed by atoms with Crippen LogP contribution >= 0.6 is 0 Å². The highest BCUT2D eigenvalue weighted by Gasteiger charge is 2.43. The average molecular weight is 339 g/mol. The van der Waals surface area contributed by atoms with E-state index in [1.165, 1.54) is 25.7 Å². The molecule has 2 aliphatic carbocycles. The van der Waals surface area contributed by atoms with Gasteiger partial charge in [0.25, 0.3) is 5.56 Å². The molecule has 2 aromatic heterocycles. The summed E-state index contributed by atoms with van der Waals surface area (Å²) in [6, 6.07) is 0.287. The maximum absolute atomic E-state index is 13.2. The molecule has 4 rings (SSSR count). The minimum Gasteiger partial charge on any atom is -0.382 e. The van der Waals surface area contributed by atoms with Gasteiger partial charge in [0.2, 0.25) is 0 Å². The van der Waals surface area contributed by atoms with Crippen molar-refractivity contribution < 1.29 is 0 Å². The molecule has 2 aromatic rings. The Morgan fingerprint density at radius 2 is 2.00 bits per heavy atom. The van der Waals surface area contributed by atoms with Crippen LogP contribution in [0, 0.1) is 11.8 Å². The van der Waals surface area contributed by atoms with Crippen molar-refractivity contribution in [3.8, 4) is 0 Å². The molecule has 0 spiro atoms. The number of pyridine rings is 1. The van der Waals surface area contributed by atoms with Gasteiger partial charge in [-0.05, 0) is 57.4 Å². The lowest BCUT2D eigenvalue weighted by atomic mass is 10.0. The van der Waals surface area contributed by atoms with E-state index in [0.717, 1.165) is 16.8 Å². The first-order valence-electron chi connectivity index (χ1n) is 9.02. The third-order valence-corrected chi connectivity index (χ3v) is 5.25. The number of rotatable bonds is 5. The van der Waals surface area contributed by atoms with Crippen LogP contribution in [-0.4, -0.2) is 27.5 Å². The molecule has 0 aromatic carbocycles. The lowest BCUT2D eigenvalue weighted by Gasteiger charge is -2.20. The average Bonchev–Trinajstić information content (AvgIpc) is 3.48. The molecule has 0 bridgehead atoms. The van der Waals surface area contributed by atoms with Crippen molar-refractivity contribution >= 4 is 22.4 Å². The molecule has 6 nitrogen and oxygen atoms in total. The van der Waals surface area contributed by atoms with Gasteiger partial charge in [0.05, 0.1) is 11.2 Å². The van der Waals surface area contributed by atoms with Gasteiger partial charge in [-0.25, -0.2) is 0 Å². The molecule has 132 valence electrons. The fourth-order valence-electron chi connectivity index (χ4n) is 3.83. The molecule has 3 N–H and O–H groups in total. The highest BCUT2D eigenvalue weighted by atomic mass is 16.1. The zero-order valence-corrected chi connectivity index (χ0v) is 15.0. The van der Waals surface area contributed by atoms with Crippen LogP contribution in [-0.2, 0) is 0 Å². The first-order chi connectivity index (χ1) is 12.0. The molecule has 0 unspecified atom stereocenters. The molecule has 6 heteroatoms. The Labute approximate surface area is 146 Å². The van der Waals surface area contributed by atoms with Crippen LogP contribution in [0.5, 0.6) is 0 Å². The molecule has 0 atom stereocenters. The van der Waals surface area contributed by atoms with Crippen molar-refractivity contribution in [1.29, 1.82) is 0 Å². The van der Waals surface area contributed by atoms with Crippen LogP contribution in [0.2, 0.25) is 0 Å². The normalized spacial score (nSPS) is 18.2. The zero-order chi connectivity index (χ0) is 17.7. The number of nitrogens with two attached hydrogens (primary N) is 1. The van der Waals surface area contributed by atoms with Crippen molar-refractivity contribution in [1.82, 2.24) is 14.8 Å². The van der Waals surface area contributed by atoms with E-state index < -0.39 is 0 Å². The van der Waals surface area contributed by atoms with E-state index in [1.807, 2.05) is 30.7 Å². The first kappa shape index (κ1) is 16.1. The lowest BCUT2D eigenvalue weighted by Crippen LogP contribution is -2.28. The summed E-state index contributed by atoms with van der Waals surface area (Å²) in [7, 11) is 1.77. The molecule has 2 saturated carbocycles. The predicted octanol–water partition coefficient (Wildman–Crippen LogP) is 3.05. The third-order valence-electron chi connectivity index (χ3n) is 5.25. The summed E-state index contributed by atoms with van der Waals surface area (Å²) in [5, 5.41) is 7.53. The van der Waals surface area contributed by atoms with Gasteiger partial charge < -0.3 is 10.3 Å². The minimum absolute atomic E-state index is 0.0264.